The first-order valence-corrected chi connectivity index (χ1v) is 2.30. The van der Waals surface area contributed by atoms with Crippen LogP contribution in [0.3, 0.4) is 0 Å². The van der Waals surface area contributed by atoms with Crippen molar-refractivity contribution in [1.29, 1.82) is 0 Å². The van der Waals surface area contributed by atoms with Gasteiger partial charge in [-0.05, 0) is 0 Å². The molecule has 5 N–H and O–H groups in total. The van der Waals surface area contributed by atoms with Gasteiger partial charge in [-0.2, -0.15) is 0 Å². The van der Waals surface area contributed by atoms with Crippen molar-refractivity contribution in [2.75, 3.05) is 0 Å². The summed E-state index contributed by atoms with van der Waals surface area (Å²) in [5.74, 6) is 0. The third-order valence-electron chi connectivity index (χ3n) is 0. The van der Waals surface area contributed by atoms with Gasteiger partial charge >= 0.3 is 29.6 Å². The van der Waals surface area contributed by atoms with Crippen LogP contribution < -0.4 is 40.6 Å². The maximum Gasteiger partial charge on any atom is 1.00 e. The normalized spacial score (nSPS) is 7.38. The average molecular weight is 173 g/mol. The summed E-state index contributed by atoms with van der Waals surface area (Å²) in [6.45, 7) is 0. The van der Waals surface area contributed by atoms with Crippen molar-refractivity contribution in [3.63, 3.8) is 0 Å². The predicted octanol–water partition coefficient (Wildman–Crippen LogP) is -3.97. The molecule has 0 atom stereocenters. The van der Waals surface area contributed by atoms with E-state index >= 15 is 0 Å². The Morgan fingerprint density at radius 2 is 1.38 bits per heavy atom. The van der Waals surface area contributed by atoms with Crippen LogP contribution in [0, 0.1) is 0 Å². The molecule has 0 aliphatic rings. The minimum atomic E-state index is -4.89. The van der Waals surface area contributed by atoms with E-state index in [9.17, 15) is 0 Å². The molecule has 0 amide bonds. The summed E-state index contributed by atoms with van der Waals surface area (Å²) in [5.41, 5.74) is 0. The number of hydrogen-bond acceptors (Lipinski definition) is 3. The van der Waals surface area contributed by atoms with Crippen LogP contribution in [0.15, 0.2) is 0 Å². The van der Waals surface area contributed by atoms with Gasteiger partial charge in [0.25, 0.3) is 7.82 Å². The van der Waals surface area contributed by atoms with Crippen molar-refractivity contribution < 1.29 is 48.8 Å². The molecule has 0 aromatic rings. The van der Waals surface area contributed by atoms with Crippen molar-refractivity contribution in [3.8, 4) is 0 Å². The fourth-order valence-electron chi connectivity index (χ4n) is 0. The van der Waals surface area contributed by atoms with Gasteiger partial charge in [0.2, 0.25) is 0 Å². The van der Waals surface area contributed by atoms with E-state index in [4.69, 9.17) is 19.2 Å². The van der Waals surface area contributed by atoms with Crippen LogP contribution in [-0.2, 0) is 4.57 Å². The van der Waals surface area contributed by atoms with Gasteiger partial charge in [0.15, 0.2) is 0 Å². The van der Waals surface area contributed by atoms with Gasteiger partial charge < -0.3 is 20.8 Å². The first-order valence-electron chi connectivity index (χ1n) is 0.765. The molecule has 0 bridgehead atoms. The van der Waals surface area contributed by atoms with Crippen LogP contribution >= 0.6 is 20.2 Å². The van der Waals surface area contributed by atoms with Gasteiger partial charge in [0.1, 0.15) is 0 Å². The molecule has 8 heteroatoms. The Kier molecular flexibility index (Phi) is 23.8. The minimum absolute atomic E-state index is 0. The average Bonchev–Trinajstić information content (AvgIpc) is 0.722. The first-order chi connectivity index (χ1) is 2.00. The van der Waals surface area contributed by atoms with E-state index in [1.54, 1.807) is 0 Å². The fraction of sp³-hybridized carbons (Fsp3) is 0. The molecule has 5 nitrogen and oxygen atoms in total. The van der Waals surface area contributed by atoms with Crippen molar-refractivity contribution in [2.24, 2.45) is 0 Å². The Morgan fingerprint density at radius 3 is 1.38 bits per heavy atom. The minimum Gasteiger partial charge on any atom is -0.756 e. The molecule has 0 spiro atoms. The maximum absolute atomic E-state index is 8.77. The Hall–Kier alpha value is 1.36. The molecule has 0 aromatic carbocycles. The summed E-state index contributed by atoms with van der Waals surface area (Å²) in [6.07, 6.45) is 0. The van der Waals surface area contributed by atoms with Crippen molar-refractivity contribution in [1.82, 2.24) is 6.15 Å². The number of phosphoric acid groups is 1. The summed E-state index contributed by atoms with van der Waals surface area (Å²) in [5, 5.41) is 0. The molecule has 0 fully saturated rings. The van der Waals surface area contributed by atoms with Gasteiger partial charge in [-0.15, -0.1) is 12.4 Å². The number of hydrogen-bond donors (Lipinski definition) is 3. The SMILES string of the molecule is Cl.N.O=P([O-])(O)O.[Na+]. The molecular formula is H6ClNNaO4P. The molecule has 0 heterocycles. The standard InChI is InChI=1S/ClH.H3N.Na.H3O4P/c;;;1-5(2,3)4/h1H;1H3;;(H3,1,2,3,4)/q;;+1;/p-1. The van der Waals surface area contributed by atoms with E-state index in [0.29, 0.717) is 0 Å². The zero-order chi connectivity index (χ0) is 4.50. The predicted molar refractivity (Wildman–Crippen MR) is 24.3 cm³/mol. The zero-order valence-corrected chi connectivity index (χ0v) is 7.98. The molecule has 0 saturated heterocycles. The number of halogens is 1. The second-order valence-corrected chi connectivity index (χ2v) is 1.47. The van der Waals surface area contributed by atoms with Crippen LogP contribution in [0.25, 0.3) is 0 Å². The van der Waals surface area contributed by atoms with Gasteiger partial charge in [0, 0.05) is 0 Å². The molecule has 0 saturated carbocycles. The fourth-order valence-corrected chi connectivity index (χ4v) is 0. The molecule has 48 valence electrons. The third-order valence-corrected chi connectivity index (χ3v) is 0. The Bertz CT molecular complexity index is 62.2. The van der Waals surface area contributed by atoms with Gasteiger partial charge in [-0.25, -0.2) is 0 Å². The van der Waals surface area contributed by atoms with Crippen LogP contribution in [0.1, 0.15) is 0 Å². The van der Waals surface area contributed by atoms with Crippen LogP contribution in [-0.4, -0.2) is 9.79 Å². The molecule has 0 unspecified atom stereocenters. The van der Waals surface area contributed by atoms with Crippen LogP contribution in [0.2, 0.25) is 0 Å². The molecule has 0 aromatic heterocycles. The summed E-state index contributed by atoms with van der Waals surface area (Å²) in [7, 11) is -4.89. The quantitative estimate of drug-likeness (QED) is 0.255. The summed E-state index contributed by atoms with van der Waals surface area (Å²) >= 11 is 0. The summed E-state index contributed by atoms with van der Waals surface area (Å²) < 4.78 is 8.77. The van der Waals surface area contributed by atoms with Crippen molar-refractivity contribution >= 4 is 20.2 Å². The number of rotatable bonds is 0. The zero-order valence-electron chi connectivity index (χ0n) is 4.27. The second-order valence-electron chi connectivity index (χ2n) is 0.491. The first kappa shape index (κ1) is 22.8. The maximum atomic E-state index is 8.77. The molecule has 8 heavy (non-hydrogen) atoms. The Labute approximate surface area is 75.0 Å². The smallest absolute Gasteiger partial charge is 0.756 e. The van der Waals surface area contributed by atoms with Crippen LogP contribution in [0.5, 0.6) is 0 Å². The van der Waals surface area contributed by atoms with E-state index in [1.807, 2.05) is 0 Å². The Morgan fingerprint density at radius 1 is 1.38 bits per heavy atom. The van der Waals surface area contributed by atoms with E-state index in [1.165, 1.54) is 0 Å². The molecular weight excluding hydrogens is 167 g/mol. The van der Waals surface area contributed by atoms with Crippen molar-refractivity contribution in [2.45, 2.75) is 0 Å². The largest absolute Gasteiger partial charge is 1.00 e. The summed E-state index contributed by atoms with van der Waals surface area (Å²) in [4.78, 5) is 22.9. The van der Waals surface area contributed by atoms with E-state index in [-0.39, 0.29) is 48.1 Å². The topological polar surface area (TPSA) is 116 Å². The van der Waals surface area contributed by atoms with Gasteiger partial charge in [0.05, 0.1) is 0 Å². The molecule has 0 aliphatic heterocycles. The molecule has 0 aliphatic carbocycles. The van der Waals surface area contributed by atoms with Gasteiger partial charge in [-0.1, -0.05) is 0 Å². The summed E-state index contributed by atoms with van der Waals surface area (Å²) in [6, 6.07) is 0. The monoisotopic (exact) mass is 173 g/mol. The van der Waals surface area contributed by atoms with E-state index in [0.717, 1.165) is 0 Å². The Balaban J connectivity index is -0.0000000267. The van der Waals surface area contributed by atoms with Crippen molar-refractivity contribution in [3.05, 3.63) is 0 Å². The van der Waals surface area contributed by atoms with Gasteiger partial charge in [-0.3, -0.25) is 4.57 Å². The van der Waals surface area contributed by atoms with E-state index < -0.39 is 7.82 Å². The van der Waals surface area contributed by atoms with Crippen LogP contribution in [0.4, 0.5) is 0 Å². The molecule has 0 rings (SSSR count). The second kappa shape index (κ2) is 8.36. The third kappa shape index (κ3) is 161. The van der Waals surface area contributed by atoms with E-state index in [2.05, 4.69) is 0 Å². The molecule has 0 radical (unpaired) electrons.